The van der Waals surface area contributed by atoms with E-state index in [9.17, 15) is 8.42 Å². The van der Waals surface area contributed by atoms with Crippen LogP contribution in [0.25, 0.3) is 10.9 Å². The third-order valence-electron chi connectivity index (χ3n) is 3.22. The highest BCUT2D eigenvalue weighted by atomic mass is 32.2. The Morgan fingerprint density at radius 3 is 2.81 bits per heavy atom. The minimum atomic E-state index is -3.69. The van der Waals surface area contributed by atoms with E-state index in [1.165, 1.54) is 6.20 Å². The molecular weight excluding hydrogens is 290 g/mol. The van der Waals surface area contributed by atoms with Crippen LogP contribution in [0.1, 0.15) is 5.69 Å². The normalized spacial score (nSPS) is 11.9. The van der Waals surface area contributed by atoms with Gasteiger partial charge in [-0.15, -0.1) is 0 Å². The highest BCUT2D eigenvalue weighted by Crippen LogP contribution is 2.26. The molecule has 0 bridgehead atoms. The number of nitrogen functional groups attached to an aromatic ring is 1. The predicted octanol–water partition coefficient (Wildman–Crippen LogP) is 1.59. The van der Waals surface area contributed by atoms with Gasteiger partial charge >= 0.3 is 0 Å². The second-order valence-corrected chi connectivity index (χ2v) is 6.52. The maximum atomic E-state index is 12.5. The van der Waals surface area contributed by atoms with E-state index in [4.69, 9.17) is 5.73 Å². The van der Waals surface area contributed by atoms with Crippen LogP contribution in [0.3, 0.4) is 0 Å². The molecule has 1 aromatic carbocycles. The van der Waals surface area contributed by atoms with Crippen LogP contribution in [-0.2, 0) is 17.1 Å². The molecule has 0 unspecified atom stereocenters. The Kier molecular flexibility index (Phi) is 2.91. The molecule has 21 heavy (non-hydrogen) atoms. The summed E-state index contributed by atoms with van der Waals surface area (Å²) in [6, 6.07) is 5.06. The van der Waals surface area contributed by atoms with Gasteiger partial charge in [0, 0.05) is 36.0 Å². The summed E-state index contributed by atoms with van der Waals surface area (Å²) in [4.78, 5) is 3.10. The topological polar surface area (TPSA) is 106 Å². The zero-order valence-electron chi connectivity index (χ0n) is 11.6. The van der Waals surface area contributed by atoms with Crippen molar-refractivity contribution in [3.8, 4) is 0 Å². The lowest BCUT2D eigenvalue weighted by Gasteiger charge is -2.05. The van der Waals surface area contributed by atoms with Gasteiger partial charge < -0.3 is 10.7 Å². The number of nitrogens with zero attached hydrogens (tertiary/aromatic N) is 2. The van der Waals surface area contributed by atoms with Gasteiger partial charge in [-0.1, -0.05) is 0 Å². The van der Waals surface area contributed by atoms with E-state index in [1.54, 1.807) is 43.0 Å². The van der Waals surface area contributed by atoms with E-state index < -0.39 is 10.0 Å². The van der Waals surface area contributed by atoms with Crippen molar-refractivity contribution in [2.75, 3.05) is 10.5 Å². The van der Waals surface area contributed by atoms with E-state index in [1.807, 2.05) is 0 Å². The SMILES string of the molecule is Cc1nn(C)cc1NS(=O)(=O)c1c[nH]c2cc(N)ccc12. The number of anilines is 2. The number of benzene rings is 1. The molecule has 0 atom stereocenters. The van der Waals surface area contributed by atoms with Gasteiger partial charge in [-0.3, -0.25) is 9.40 Å². The van der Waals surface area contributed by atoms with Crippen molar-refractivity contribution < 1.29 is 8.42 Å². The number of aryl methyl sites for hydroxylation is 2. The minimum Gasteiger partial charge on any atom is -0.399 e. The molecule has 7 nitrogen and oxygen atoms in total. The monoisotopic (exact) mass is 305 g/mol. The first-order valence-corrected chi connectivity index (χ1v) is 7.75. The molecule has 110 valence electrons. The summed E-state index contributed by atoms with van der Waals surface area (Å²) >= 11 is 0. The van der Waals surface area contributed by atoms with Gasteiger partial charge in [-0.25, -0.2) is 8.42 Å². The molecule has 3 rings (SSSR count). The van der Waals surface area contributed by atoms with Crippen LogP contribution in [0.2, 0.25) is 0 Å². The first-order chi connectivity index (χ1) is 9.87. The third kappa shape index (κ3) is 2.33. The second kappa shape index (κ2) is 4.52. The summed E-state index contributed by atoms with van der Waals surface area (Å²) in [5.41, 5.74) is 8.02. The van der Waals surface area contributed by atoms with Gasteiger partial charge in [0.15, 0.2) is 0 Å². The standard InChI is InChI=1S/C13H15N5O2S/c1-8-12(7-18(2)16-8)17-21(19,20)13-6-15-11-5-9(14)3-4-10(11)13/h3-7,15,17H,14H2,1-2H3. The van der Waals surface area contributed by atoms with Gasteiger partial charge in [0.1, 0.15) is 4.90 Å². The van der Waals surface area contributed by atoms with Crippen LogP contribution in [0.15, 0.2) is 35.5 Å². The zero-order chi connectivity index (χ0) is 15.2. The summed E-state index contributed by atoms with van der Waals surface area (Å²) in [6.45, 7) is 1.74. The fourth-order valence-electron chi connectivity index (χ4n) is 2.24. The Morgan fingerprint density at radius 2 is 2.14 bits per heavy atom. The summed E-state index contributed by atoms with van der Waals surface area (Å²) < 4.78 is 29.2. The van der Waals surface area contributed by atoms with Gasteiger partial charge in [0.2, 0.25) is 0 Å². The number of sulfonamides is 1. The molecule has 0 aliphatic rings. The lowest BCUT2D eigenvalue weighted by atomic mass is 10.2. The third-order valence-corrected chi connectivity index (χ3v) is 4.62. The van der Waals surface area contributed by atoms with E-state index in [0.29, 0.717) is 28.0 Å². The quantitative estimate of drug-likeness (QED) is 0.639. The Bertz CT molecular complexity index is 923. The Balaban J connectivity index is 2.06. The molecule has 4 N–H and O–H groups in total. The van der Waals surface area contributed by atoms with Crippen molar-refractivity contribution in [1.29, 1.82) is 0 Å². The Hall–Kier alpha value is -2.48. The summed E-state index contributed by atoms with van der Waals surface area (Å²) in [5, 5.41) is 4.71. The summed E-state index contributed by atoms with van der Waals surface area (Å²) in [5.74, 6) is 0. The number of H-pyrrole nitrogens is 1. The molecule has 0 amide bonds. The molecule has 8 heteroatoms. The van der Waals surface area contributed by atoms with Crippen molar-refractivity contribution in [2.45, 2.75) is 11.8 Å². The molecule has 3 aromatic rings. The number of hydrogen-bond acceptors (Lipinski definition) is 4. The maximum Gasteiger partial charge on any atom is 0.264 e. The largest absolute Gasteiger partial charge is 0.399 e. The van der Waals surface area contributed by atoms with Crippen LogP contribution in [-0.4, -0.2) is 23.2 Å². The molecule has 2 heterocycles. The summed E-state index contributed by atoms with van der Waals surface area (Å²) in [6.07, 6.45) is 3.08. The highest BCUT2D eigenvalue weighted by molar-refractivity contribution is 7.93. The fraction of sp³-hybridized carbons (Fsp3) is 0.154. The van der Waals surface area contributed by atoms with Gasteiger partial charge in [-0.2, -0.15) is 5.10 Å². The molecule has 0 fully saturated rings. The molecule has 0 aliphatic carbocycles. The van der Waals surface area contributed by atoms with Crippen LogP contribution < -0.4 is 10.5 Å². The molecule has 0 radical (unpaired) electrons. The lowest BCUT2D eigenvalue weighted by Crippen LogP contribution is -2.12. The van der Waals surface area contributed by atoms with Crippen molar-refractivity contribution in [2.24, 2.45) is 7.05 Å². The average Bonchev–Trinajstić information content (AvgIpc) is 2.92. The molecule has 0 saturated heterocycles. The number of aromatic amines is 1. The van der Waals surface area contributed by atoms with Crippen molar-refractivity contribution >= 4 is 32.3 Å². The number of aromatic nitrogens is 3. The van der Waals surface area contributed by atoms with Crippen LogP contribution >= 0.6 is 0 Å². The number of fused-ring (bicyclic) bond motifs is 1. The smallest absolute Gasteiger partial charge is 0.264 e. The fourth-order valence-corrected chi connectivity index (χ4v) is 3.52. The molecular formula is C13H15N5O2S. The van der Waals surface area contributed by atoms with Gasteiger partial charge in [-0.05, 0) is 25.1 Å². The average molecular weight is 305 g/mol. The van der Waals surface area contributed by atoms with E-state index >= 15 is 0 Å². The number of nitrogens with two attached hydrogens (primary N) is 1. The zero-order valence-corrected chi connectivity index (χ0v) is 12.4. The molecule has 2 aromatic heterocycles. The van der Waals surface area contributed by atoms with Gasteiger partial charge in [0.05, 0.1) is 11.4 Å². The molecule has 0 aliphatic heterocycles. The first-order valence-electron chi connectivity index (χ1n) is 6.26. The van der Waals surface area contributed by atoms with Crippen LogP contribution in [0.4, 0.5) is 11.4 Å². The lowest BCUT2D eigenvalue weighted by molar-refractivity contribution is 0.602. The van der Waals surface area contributed by atoms with Gasteiger partial charge in [0.25, 0.3) is 10.0 Å². The van der Waals surface area contributed by atoms with E-state index in [0.717, 1.165) is 0 Å². The summed E-state index contributed by atoms with van der Waals surface area (Å²) in [7, 11) is -1.96. The molecule has 0 saturated carbocycles. The van der Waals surface area contributed by atoms with Crippen LogP contribution in [0, 0.1) is 6.92 Å². The maximum absolute atomic E-state index is 12.5. The second-order valence-electron chi connectivity index (χ2n) is 4.87. The van der Waals surface area contributed by atoms with Crippen molar-refractivity contribution in [3.63, 3.8) is 0 Å². The predicted molar refractivity (Wildman–Crippen MR) is 81.5 cm³/mol. The van der Waals surface area contributed by atoms with Crippen molar-refractivity contribution in [1.82, 2.24) is 14.8 Å². The Labute approximate surface area is 121 Å². The van der Waals surface area contributed by atoms with E-state index in [2.05, 4.69) is 14.8 Å². The number of hydrogen-bond donors (Lipinski definition) is 3. The highest BCUT2D eigenvalue weighted by Gasteiger charge is 2.20. The number of rotatable bonds is 3. The van der Waals surface area contributed by atoms with E-state index in [-0.39, 0.29) is 4.90 Å². The first kappa shape index (κ1) is 13.5. The van der Waals surface area contributed by atoms with Crippen molar-refractivity contribution in [3.05, 3.63) is 36.3 Å². The Morgan fingerprint density at radius 1 is 1.38 bits per heavy atom. The minimum absolute atomic E-state index is 0.181. The van der Waals surface area contributed by atoms with Crippen LogP contribution in [0.5, 0.6) is 0 Å². The molecule has 0 spiro atoms. The number of nitrogens with one attached hydrogen (secondary N) is 2.